The minimum atomic E-state index is -0.231. The summed E-state index contributed by atoms with van der Waals surface area (Å²) in [5.41, 5.74) is 6.11. The number of nitrogens with one attached hydrogen (secondary N) is 1. The second kappa shape index (κ2) is 10.8. The Kier molecular flexibility index (Phi) is 7.12. The van der Waals surface area contributed by atoms with E-state index in [2.05, 4.69) is 47.2 Å². The summed E-state index contributed by atoms with van der Waals surface area (Å²) in [5.74, 6) is 1.05. The van der Waals surface area contributed by atoms with Crippen LogP contribution in [-0.4, -0.2) is 21.1 Å². The lowest BCUT2D eigenvalue weighted by molar-refractivity contribution is -0.120. The molecular weight excluding hydrogens is 448 g/mol. The molecule has 36 heavy (non-hydrogen) atoms. The predicted octanol–water partition coefficient (Wildman–Crippen LogP) is 6.16. The summed E-state index contributed by atoms with van der Waals surface area (Å²) >= 11 is 0. The van der Waals surface area contributed by atoms with Crippen LogP contribution in [0.15, 0.2) is 79.3 Å². The quantitative estimate of drug-likeness (QED) is 0.328. The first kappa shape index (κ1) is 23.8. The van der Waals surface area contributed by atoms with Crippen LogP contribution in [0.25, 0.3) is 0 Å². The van der Waals surface area contributed by atoms with Gasteiger partial charge in [-0.05, 0) is 60.1 Å². The van der Waals surface area contributed by atoms with Gasteiger partial charge < -0.3 is 9.64 Å². The number of aromatic amines is 1. The number of carbonyl (C=O) groups is 1. The van der Waals surface area contributed by atoms with Crippen molar-refractivity contribution in [1.29, 1.82) is 0 Å². The van der Waals surface area contributed by atoms with Gasteiger partial charge in [0.15, 0.2) is 0 Å². The number of H-pyrrole nitrogens is 1. The van der Waals surface area contributed by atoms with Crippen molar-refractivity contribution >= 4 is 11.6 Å². The third kappa shape index (κ3) is 5.18. The zero-order valence-electron chi connectivity index (χ0n) is 20.9. The van der Waals surface area contributed by atoms with Crippen molar-refractivity contribution in [2.75, 3.05) is 4.90 Å². The second-order valence-corrected chi connectivity index (χ2v) is 9.67. The minimum Gasteiger partial charge on any atom is -0.489 e. The lowest BCUT2D eigenvalue weighted by atomic mass is 9.81. The van der Waals surface area contributed by atoms with Gasteiger partial charge in [-0.15, -0.1) is 0 Å². The van der Waals surface area contributed by atoms with Crippen LogP contribution in [0.1, 0.15) is 66.5 Å². The summed E-state index contributed by atoms with van der Waals surface area (Å²) in [6.07, 6.45) is 8.08. The molecule has 0 radical (unpaired) electrons. The lowest BCUT2D eigenvalue weighted by Crippen LogP contribution is -2.36. The highest BCUT2D eigenvalue weighted by atomic mass is 16.5. The Hall–Kier alpha value is -3.93. The predicted molar refractivity (Wildman–Crippen MR) is 141 cm³/mol. The van der Waals surface area contributed by atoms with Gasteiger partial charge in [0, 0.05) is 17.5 Å². The molecule has 0 spiro atoms. The Morgan fingerprint density at radius 1 is 1.06 bits per heavy atom. The molecule has 4 aromatic rings. The molecule has 1 atom stereocenters. The van der Waals surface area contributed by atoms with E-state index in [0.717, 1.165) is 58.6 Å². The molecule has 2 aromatic carbocycles. The summed E-state index contributed by atoms with van der Waals surface area (Å²) in [7, 11) is 0. The van der Waals surface area contributed by atoms with Gasteiger partial charge in [0.05, 0.1) is 30.5 Å². The van der Waals surface area contributed by atoms with Gasteiger partial charge in [0.25, 0.3) is 0 Å². The van der Waals surface area contributed by atoms with E-state index >= 15 is 0 Å². The Balaban J connectivity index is 1.43. The topological polar surface area (TPSA) is 71.1 Å². The third-order valence-electron chi connectivity index (χ3n) is 6.84. The Labute approximate surface area is 212 Å². The van der Waals surface area contributed by atoms with Crippen LogP contribution in [0, 0.1) is 0 Å². The number of benzene rings is 2. The maximum Gasteiger partial charge on any atom is 0.234 e. The molecule has 184 valence electrons. The molecule has 0 fully saturated rings. The van der Waals surface area contributed by atoms with Crippen LogP contribution in [0.4, 0.5) is 5.69 Å². The SMILES string of the molecule is CC(C)c1ccc(N(Cc2cn[nH]c2)C(=O)[C@H]2CCCc3c(OCc4ccccc4)cccc32)cn1. The van der Waals surface area contributed by atoms with Gasteiger partial charge in [-0.25, -0.2) is 0 Å². The van der Waals surface area contributed by atoms with Gasteiger partial charge in [-0.2, -0.15) is 5.10 Å². The number of hydrogen-bond donors (Lipinski definition) is 1. The molecule has 1 aliphatic carbocycles. The number of hydrogen-bond acceptors (Lipinski definition) is 4. The second-order valence-electron chi connectivity index (χ2n) is 9.67. The maximum atomic E-state index is 14.1. The highest BCUT2D eigenvalue weighted by Crippen LogP contribution is 2.39. The first-order valence-corrected chi connectivity index (χ1v) is 12.6. The molecule has 0 unspecified atom stereocenters. The van der Waals surface area contributed by atoms with Crippen LogP contribution in [0.3, 0.4) is 0 Å². The van der Waals surface area contributed by atoms with Crippen molar-refractivity contribution in [2.45, 2.75) is 58.1 Å². The molecule has 6 heteroatoms. The van der Waals surface area contributed by atoms with Crippen LogP contribution in [0.5, 0.6) is 5.75 Å². The summed E-state index contributed by atoms with van der Waals surface area (Å²) in [6.45, 7) is 5.18. The number of ether oxygens (including phenoxy) is 1. The monoisotopic (exact) mass is 480 g/mol. The third-order valence-corrected chi connectivity index (χ3v) is 6.84. The van der Waals surface area contributed by atoms with E-state index in [1.807, 2.05) is 59.8 Å². The van der Waals surface area contributed by atoms with E-state index in [9.17, 15) is 4.79 Å². The molecule has 1 aliphatic rings. The molecule has 6 nitrogen and oxygen atoms in total. The van der Waals surface area contributed by atoms with Crippen molar-refractivity contribution in [2.24, 2.45) is 0 Å². The van der Waals surface area contributed by atoms with Gasteiger partial charge in [0.2, 0.25) is 5.91 Å². The molecule has 0 saturated heterocycles. The normalized spacial score (nSPS) is 14.9. The van der Waals surface area contributed by atoms with Crippen LogP contribution < -0.4 is 9.64 Å². The zero-order valence-corrected chi connectivity index (χ0v) is 20.9. The number of aromatic nitrogens is 3. The fourth-order valence-electron chi connectivity index (χ4n) is 4.87. The number of rotatable bonds is 8. The highest BCUT2D eigenvalue weighted by Gasteiger charge is 2.32. The first-order chi connectivity index (χ1) is 17.6. The van der Waals surface area contributed by atoms with Crippen molar-refractivity contribution in [3.63, 3.8) is 0 Å². The van der Waals surface area contributed by atoms with E-state index in [1.54, 1.807) is 6.20 Å². The van der Waals surface area contributed by atoms with E-state index in [4.69, 9.17) is 4.74 Å². The van der Waals surface area contributed by atoms with Crippen molar-refractivity contribution in [1.82, 2.24) is 15.2 Å². The maximum absolute atomic E-state index is 14.1. The molecule has 1 amide bonds. The number of anilines is 1. The number of fused-ring (bicyclic) bond motifs is 1. The molecule has 1 N–H and O–H groups in total. The number of amides is 1. The molecular formula is C30H32N4O2. The summed E-state index contributed by atoms with van der Waals surface area (Å²) in [6, 6.07) is 20.3. The first-order valence-electron chi connectivity index (χ1n) is 12.6. The van der Waals surface area contributed by atoms with E-state index < -0.39 is 0 Å². The Bertz CT molecular complexity index is 1280. The van der Waals surface area contributed by atoms with Gasteiger partial charge >= 0.3 is 0 Å². The van der Waals surface area contributed by atoms with Crippen molar-refractivity contribution < 1.29 is 9.53 Å². The Morgan fingerprint density at radius 2 is 1.92 bits per heavy atom. The number of carbonyl (C=O) groups excluding carboxylic acids is 1. The van der Waals surface area contributed by atoms with Gasteiger partial charge in [-0.1, -0.05) is 56.3 Å². The average molecular weight is 481 g/mol. The van der Waals surface area contributed by atoms with Crippen molar-refractivity contribution in [3.8, 4) is 5.75 Å². The molecule has 2 heterocycles. The van der Waals surface area contributed by atoms with Gasteiger partial charge in [0.1, 0.15) is 12.4 Å². The summed E-state index contributed by atoms with van der Waals surface area (Å²) < 4.78 is 6.24. The molecule has 2 aromatic heterocycles. The van der Waals surface area contributed by atoms with Crippen LogP contribution >= 0.6 is 0 Å². The number of pyridine rings is 1. The molecule has 0 aliphatic heterocycles. The molecule has 0 bridgehead atoms. The largest absolute Gasteiger partial charge is 0.489 e. The number of nitrogens with zero attached hydrogens (tertiary/aromatic N) is 3. The Morgan fingerprint density at radius 3 is 2.64 bits per heavy atom. The fraction of sp³-hybridized carbons (Fsp3) is 0.300. The lowest BCUT2D eigenvalue weighted by Gasteiger charge is -2.31. The van der Waals surface area contributed by atoms with Gasteiger partial charge in [-0.3, -0.25) is 14.9 Å². The van der Waals surface area contributed by atoms with E-state index in [0.29, 0.717) is 19.1 Å². The highest BCUT2D eigenvalue weighted by molar-refractivity contribution is 5.98. The fourth-order valence-corrected chi connectivity index (χ4v) is 4.87. The van der Waals surface area contributed by atoms with E-state index in [-0.39, 0.29) is 11.8 Å². The smallest absolute Gasteiger partial charge is 0.234 e. The average Bonchev–Trinajstić information content (AvgIpc) is 3.44. The molecule has 5 rings (SSSR count). The minimum absolute atomic E-state index is 0.0801. The van der Waals surface area contributed by atoms with Crippen LogP contribution in [-0.2, 0) is 24.4 Å². The molecule has 0 saturated carbocycles. The van der Waals surface area contributed by atoms with E-state index in [1.165, 1.54) is 0 Å². The standard InChI is InChI=1S/C30H32N4O2/c1-21(2)28-15-14-24(18-31-28)34(19-23-16-32-33-17-23)30(35)27-12-6-11-26-25(27)10-7-13-29(26)36-20-22-8-4-3-5-9-22/h3-5,7-10,13-18,21,27H,6,11-12,19-20H2,1-2H3,(H,32,33)/t27-/m0/s1. The zero-order chi connectivity index (χ0) is 24.9. The summed E-state index contributed by atoms with van der Waals surface area (Å²) in [5, 5.41) is 6.94. The van der Waals surface area contributed by atoms with Crippen LogP contribution in [0.2, 0.25) is 0 Å². The van der Waals surface area contributed by atoms with Crippen molar-refractivity contribution in [3.05, 3.63) is 107 Å². The summed E-state index contributed by atoms with van der Waals surface area (Å²) in [4.78, 5) is 20.6.